The number of nitrogens with two attached hydrogens (primary N) is 1. The van der Waals surface area contributed by atoms with Crippen molar-refractivity contribution in [3.63, 3.8) is 0 Å². The number of hydrogen-bond acceptors (Lipinski definition) is 4. The van der Waals surface area contributed by atoms with Crippen LogP contribution in [0.1, 0.15) is 5.56 Å². The lowest BCUT2D eigenvalue weighted by Crippen LogP contribution is -2.19. The highest BCUT2D eigenvalue weighted by atomic mass is 35.5. The van der Waals surface area contributed by atoms with Gasteiger partial charge in [-0.3, -0.25) is 0 Å². The maximum Gasteiger partial charge on any atom is 0.573 e. The van der Waals surface area contributed by atoms with Crippen molar-refractivity contribution >= 4 is 17.4 Å². The van der Waals surface area contributed by atoms with Gasteiger partial charge in [0.05, 0.1) is 0 Å². The molecule has 0 saturated heterocycles. The third-order valence-electron chi connectivity index (χ3n) is 1.31. The molecule has 0 atom stereocenters. The van der Waals surface area contributed by atoms with Gasteiger partial charge in [-0.15, -0.1) is 13.2 Å². The lowest BCUT2D eigenvalue weighted by Gasteiger charge is -2.11. The van der Waals surface area contributed by atoms with Gasteiger partial charge >= 0.3 is 6.36 Å². The molecule has 8 heteroatoms. The standard InChI is InChI=1S/C7H3ClF3N3O/c8-4-1-3(2-12)5(6(13)14-4)15-7(9,10)11/h1H,(H2,13,14). The molecule has 0 unspecified atom stereocenters. The van der Waals surface area contributed by atoms with E-state index in [2.05, 4.69) is 9.72 Å². The highest BCUT2D eigenvalue weighted by Crippen LogP contribution is 2.31. The maximum absolute atomic E-state index is 11.9. The van der Waals surface area contributed by atoms with E-state index in [1.54, 1.807) is 0 Å². The van der Waals surface area contributed by atoms with E-state index in [0.717, 1.165) is 6.07 Å². The van der Waals surface area contributed by atoms with Crippen molar-refractivity contribution in [1.29, 1.82) is 5.26 Å². The molecular formula is C7H3ClF3N3O. The van der Waals surface area contributed by atoms with E-state index in [1.807, 2.05) is 0 Å². The summed E-state index contributed by atoms with van der Waals surface area (Å²) in [5.41, 5.74) is 4.71. The van der Waals surface area contributed by atoms with Crippen LogP contribution in [-0.2, 0) is 0 Å². The van der Waals surface area contributed by atoms with E-state index in [0.29, 0.717) is 0 Å². The Morgan fingerprint density at radius 1 is 1.53 bits per heavy atom. The van der Waals surface area contributed by atoms with E-state index in [4.69, 9.17) is 22.6 Å². The van der Waals surface area contributed by atoms with Crippen molar-refractivity contribution in [3.8, 4) is 11.8 Å². The fourth-order valence-corrected chi connectivity index (χ4v) is 1.03. The first kappa shape index (κ1) is 11.4. The molecule has 0 radical (unpaired) electrons. The number of pyridine rings is 1. The van der Waals surface area contributed by atoms with Gasteiger partial charge in [0.25, 0.3) is 0 Å². The third-order valence-corrected chi connectivity index (χ3v) is 1.50. The summed E-state index contributed by atoms with van der Waals surface area (Å²) in [7, 11) is 0. The van der Waals surface area contributed by atoms with E-state index < -0.39 is 23.5 Å². The van der Waals surface area contributed by atoms with E-state index in [-0.39, 0.29) is 5.15 Å². The normalized spacial score (nSPS) is 10.9. The molecule has 0 spiro atoms. The molecular weight excluding hydrogens is 235 g/mol. The molecule has 0 fully saturated rings. The summed E-state index contributed by atoms with van der Waals surface area (Å²) in [5.74, 6) is -1.43. The molecule has 0 aromatic carbocycles. The number of alkyl halides is 3. The largest absolute Gasteiger partial charge is 0.573 e. The zero-order chi connectivity index (χ0) is 11.6. The molecule has 1 aromatic heterocycles. The molecule has 0 bridgehead atoms. The third kappa shape index (κ3) is 2.89. The Kier molecular flexibility index (Phi) is 2.90. The summed E-state index contributed by atoms with van der Waals surface area (Å²) in [6, 6.07) is 2.40. The minimum Gasteiger partial charge on any atom is -0.400 e. The summed E-state index contributed by atoms with van der Waals surface area (Å²) in [6.45, 7) is 0. The summed E-state index contributed by atoms with van der Waals surface area (Å²) >= 11 is 5.39. The Labute approximate surface area is 87.0 Å². The monoisotopic (exact) mass is 237 g/mol. The van der Waals surface area contributed by atoms with Crippen molar-refractivity contribution in [3.05, 3.63) is 16.8 Å². The van der Waals surface area contributed by atoms with Crippen LogP contribution < -0.4 is 10.5 Å². The molecule has 0 aliphatic rings. The molecule has 1 rings (SSSR count). The van der Waals surface area contributed by atoms with Gasteiger partial charge in [-0.2, -0.15) is 5.26 Å². The highest BCUT2D eigenvalue weighted by molar-refractivity contribution is 6.29. The number of nitrogen functional groups attached to an aromatic ring is 1. The van der Waals surface area contributed by atoms with Crippen molar-refractivity contribution in [2.75, 3.05) is 5.73 Å². The molecule has 1 aromatic rings. The van der Waals surface area contributed by atoms with E-state index >= 15 is 0 Å². The molecule has 80 valence electrons. The molecule has 0 saturated carbocycles. The number of ether oxygens (including phenoxy) is 1. The van der Waals surface area contributed by atoms with Gasteiger partial charge in [-0.25, -0.2) is 4.98 Å². The Hall–Kier alpha value is -1.68. The Bertz CT molecular complexity index is 427. The molecule has 15 heavy (non-hydrogen) atoms. The average molecular weight is 238 g/mol. The fourth-order valence-electron chi connectivity index (χ4n) is 0.827. The molecule has 0 amide bonds. The summed E-state index contributed by atoms with van der Waals surface area (Å²) in [5, 5.41) is 8.34. The average Bonchev–Trinajstić information content (AvgIpc) is 2.07. The van der Waals surface area contributed by atoms with Gasteiger partial charge in [0.1, 0.15) is 16.8 Å². The number of halogens is 4. The fraction of sp³-hybridized carbons (Fsp3) is 0.143. The Morgan fingerprint density at radius 3 is 2.60 bits per heavy atom. The molecule has 0 aliphatic heterocycles. The van der Waals surface area contributed by atoms with Crippen LogP contribution in [0.5, 0.6) is 5.75 Å². The van der Waals surface area contributed by atoms with Crippen LogP contribution >= 0.6 is 11.6 Å². The van der Waals surface area contributed by atoms with Gasteiger partial charge in [-0.1, -0.05) is 11.6 Å². The second-order valence-electron chi connectivity index (χ2n) is 2.37. The summed E-state index contributed by atoms with van der Waals surface area (Å²) in [6.07, 6.45) is -4.94. The van der Waals surface area contributed by atoms with E-state index in [1.165, 1.54) is 6.07 Å². The quantitative estimate of drug-likeness (QED) is 0.759. The van der Waals surface area contributed by atoms with Crippen molar-refractivity contribution < 1.29 is 17.9 Å². The highest BCUT2D eigenvalue weighted by Gasteiger charge is 2.33. The van der Waals surface area contributed by atoms with Crippen molar-refractivity contribution in [1.82, 2.24) is 4.98 Å². The Balaban J connectivity index is 3.23. The minimum absolute atomic E-state index is 0.182. The van der Waals surface area contributed by atoms with Crippen LogP contribution in [0.25, 0.3) is 0 Å². The van der Waals surface area contributed by atoms with Crippen molar-refractivity contribution in [2.24, 2.45) is 0 Å². The number of rotatable bonds is 1. The number of nitriles is 1. The maximum atomic E-state index is 11.9. The predicted octanol–water partition coefficient (Wildman–Crippen LogP) is 2.09. The number of aromatic nitrogens is 1. The SMILES string of the molecule is N#Cc1cc(Cl)nc(N)c1OC(F)(F)F. The first-order valence-electron chi connectivity index (χ1n) is 3.45. The van der Waals surface area contributed by atoms with Gasteiger partial charge < -0.3 is 10.5 Å². The Morgan fingerprint density at radius 2 is 2.13 bits per heavy atom. The lowest BCUT2D eigenvalue weighted by molar-refractivity contribution is -0.274. The van der Waals surface area contributed by atoms with Crippen LogP contribution in [0.15, 0.2) is 6.07 Å². The smallest absolute Gasteiger partial charge is 0.400 e. The number of nitrogens with zero attached hydrogens (tertiary/aromatic N) is 2. The van der Waals surface area contributed by atoms with Gasteiger partial charge in [0.2, 0.25) is 0 Å². The second-order valence-corrected chi connectivity index (χ2v) is 2.75. The molecule has 1 heterocycles. The summed E-state index contributed by atoms with van der Waals surface area (Å²) in [4.78, 5) is 3.33. The zero-order valence-corrected chi connectivity index (χ0v) is 7.73. The van der Waals surface area contributed by atoms with Crippen molar-refractivity contribution in [2.45, 2.75) is 6.36 Å². The van der Waals surface area contributed by atoms with Crippen LogP contribution in [0.4, 0.5) is 19.0 Å². The number of hydrogen-bond donors (Lipinski definition) is 1. The van der Waals surface area contributed by atoms with Crippen LogP contribution in [-0.4, -0.2) is 11.3 Å². The van der Waals surface area contributed by atoms with Crippen LogP contribution in [0.2, 0.25) is 5.15 Å². The van der Waals surface area contributed by atoms with E-state index in [9.17, 15) is 13.2 Å². The minimum atomic E-state index is -4.94. The van der Waals surface area contributed by atoms with Gasteiger partial charge in [0.15, 0.2) is 11.6 Å². The lowest BCUT2D eigenvalue weighted by atomic mass is 10.2. The topological polar surface area (TPSA) is 71.9 Å². The van der Waals surface area contributed by atoms with Gasteiger partial charge in [0, 0.05) is 0 Å². The zero-order valence-electron chi connectivity index (χ0n) is 6.97. The van der Waals surface area contributed by atoms with Crippen LogP contribution in [0, 0.1) is 11.3 Å². The number of anilines is 1. The van der Waals surface area contributed by atoms with Crippen LogP contribution in [0.3, 0.4) is 0 Å². The molecule has 4 nitrogen and oxygen atoms in total. The van der Waals surface area contributed by atoms with Gasteiger partial charge in [-0.05, 0) is 6.07 Å². The second kappa shape index (κ2) is 3.82. The first-order chi connectivity index (χ1) is 6.83. The molecule has 2 N–H and O–H groups in total. The first-order valence-corrected chi connectivity index (χ1v) is 3.83. The predicted molar refractivity (Wildman–Crippen MR) is 45.1 cm³/mol. The molecule has 0 aliphatic carbocycles. The summed E-state index contributed by atoms with van der Waals surface area (Å²) < 4.78 is 39.2.